The van der Waals surface area contributed by atoms with Crippen LogP contribution in [0.15, 0.2) is 43.0 Å². The highest BCUT2D eigenvalue weighted by atomic mass is 16.2. The van der Waals surface area contributed by atoms with Gasteiger partial charge in [0.1, 0.15) is 5.82 Å². The summed E-state index contributed by atoms with van der Waals surface area (Å²) in [6, 6.07) is 5.51. The second kappa shape index (κ2) is 6.86. The van der Waals surface area contributed by atoms with Gasteiger partial charge in [-0.25, -0.2) is 4.98 Å². The zero-order chi connectivity index (χ0) is 18.1. The number of amides is 1. The smallest absolute Gasteiger partial charge is 0.253 e. The van der Waals surface area contributed by atoms with Crippen molar-refractivity contribution in [1.29, 1.82) is 0 Å². The van der Waals surface area contributed by atoms with E-state index in [9.17, 15) is 4.79 Å². The van der Waals surface area contributed by atoms with Crippen molar-refractivity contribution in [1.82, 2.24) is 24.4 Å². The normalized spacial score (nSPS) is 17.3. The van der Waals surface area contributed by atoms with Crippen molar-refractivity contribution in [3.8, 4) is 0 Å². The molecule has 0 unspecified atom stereocenters. The van der Waals surface area contributed by atoms with Crippen LogP contribution in [0.2, 0.25) is 0 Å². The third-order valence-corrected chi connectivity index (χ3v) is 4.90. The second-order valence-electron chi connectivity index (χ2n) is 7.31. The topological polar surface area (TPSA) is 63.9 Å². The van der Waals surface area contributed by atoms with Gasteiger partial charge in [0.05, 0.1) is 17.2 Å². The van der Waals surface area contributed by atoms with E-state index >= 15 is 0 Å². The lowest BCUT2D eigenvalue weighted by atomic mass is 10.1. The third-order valence-electron chi connectivity index (χ3n) is 4.90. The monoisotopic (exact) mass is 349 g/mol. The predicted octanol–water partition coefficient (Wildman–Crippen LogP) is 3.11. The predicted molar refractivity (Wildman–Crippen MR) is 99.9 cm³/mol. The van der Waals surface area contributed by atoms with Crippen LogP contribution in [0, 0.1) is 5.92 Å². The van der Waals surface area contributed by atoms with Gasteiger partial charge in [0.25, 0.3) is 5.91 Å². The maximum atomic E-state index is 12.7. The fourth-order valence-electron chi connectivity index (χ4n) is 3.69. The van der Waals surface area contributed by atoms with Crippen molar-refractivity contribution in [3.63, 3.8) is 0 Å². The van der Waals surface area contributed by atoms with Crippen LogP contribution in [0.5, 0.6) is 0 Å². The maximum Gasteiger partial charge on any atom is 0.253 e. The Morgan fingerprint density at radius 2 is 1.96 bits per heavy atom. The Balaban J connectivity index is 1.61. The summed E-state index contributed by atoms with van der Waals surface area (Å²) in [6.07, 6.45) is 7.94. The SMILES string of the molecule is CC(C)Cn1c([C@H]2CCN(C(=O)c3ccncc3)C2)nc2ccncc21. The summed E-state index contributed by atoms with van der Waals surface area (Å²) < 4.78 is 2.29. The molecule has 0 N–H and O–H groups in total. The van der Waals surface area contributed by atoms with Gasteiger partial charge in [0.2, 0.25) is 0 Å². The summed E-state index contributed by atoms with van der Waals surface area (Å²) in [5, 5.41) is 0. The van der Waals surface area contributed by atoms with Gasteiger partial charge in [-0.05, 0) is 30.5 Å². The van der Waals surface area contributed by atoms with Crippen molar-refractivity contribution in [2.45, 2.75) is 32.7 Å². The number of imidazole rings is 1. The van der Waals surface area contributed by atoms with Gasteiger partial charge in [0, 0.05) is 49.7 Å². The highest BCUT2D eigenvalue weighted by molar-refractivity contribution is 5.94. The van der Waals surface area contributed by atoms with E-state index < -0.39 is 0 Å². The summed E-state index contributed by atoms with van der Waals surface area (Å²) in [6.45, 7) is 6.79. The Kier molecular flexibility index (Phi) is 4.41. The molecule has 134 valence electrons. The zero-order valence-corrected chi connectivity index (χ0v) is 15.2. The number of nitrogens with zero attached hydrogens (tertiary/aromatic N) is 5. The van der Waals surface area contributed by atoms with E-state index in [0.29, 0.717) is 18.0 Å². The summed E-state index contributed by atoms with van der Waals surface area (Å²) in [5.41, 5.74) is 2.75. The first-order valence-electron chi connectivity index (χ1n) is 9.13. The third kappa shape index (κ3) is 3.07. The number of hydrogen-bond acceptors (Lipinski definition) is 4. The Labute approximate surface area is 152 Å². The first-order valence-corrected chi connectivity index (χ1v) is 9.13. The summed E-state index contributed by atoms with van der Waals surface area (Å²) in [4.78, 5) is 27.8. The number of aromatic nitrogens is 4. The average Bonchev–Trinajstić information content (AvgIpc) is 3.27. The van der Waals surface area contributed by atoms with Gasteiger partial charge in [-0.1, -0.05) is 13.8 Å². The van der Waals surface area contributed by atoms with Gasteiger partial charge in [0.15, 0.2) is 0 Å². The molecule has 1 saturated heterocycles. The Bertz CT molecular complexity index is 918. The van der Waals surface area contributed by atoms with Crippen LogP contribution >= 0.6 is 0 Å². The molecule has 1 amide bonds. The highest BCUT2D eigenvalue weighted by Crippen LogP contribution is 2.30. The minimum atomic E-state index is 0.0723. The molecule has 4 rings (SSSR count). The van der Waals surface area contributed by atoms with Crippen LogP contribution in [0.4, 0.5) is 0 Å². The van der Waals surface area contributed by atoms with E-state index in [2.05, 4.69) is 28.4 Å². The Morgan fingerprint density at radius 3 is 2.73 bits per heavy atom. The number of hydrogen-bond donors (Lipinski definition) is 0. The van der Waals surface area contributed by atoms with Crippen molar-refractivity contribution in [3.05, 3.63) is 54.4 Å². The van der Waals surface area contributed by atoms with E-state index in [1.54, 1.807) is 30.7 Å². The van der Waals surface area contributed by atoms with Crippen LogP contribution in [-0.4, -0.2) is 43.4 Å². The van der Waals surface area contributed by atoms with E-state index in [-0.39, 0.29) is 11.8 Å². The molecule has 0 radical (unpaired) electrons. The number of carbonyl (C=O) groups is 1. The Hall–Kier alpha value is -2.76. The van der Waals surface area contributed by atoms with E-state index in [0.717, 1.165) is 36.4 Å². The quantitative estimate of drug-likeness (QED) is 0.726. The van der Waals surface area contributed by atoms with E-state index in [4.69, 9.17) is 4.98 Å². The molecule has 6 nitrogen and oxygen atoms in total. The van der Waals surface area contributed by atoms with Crippen LogP contribution < -0.4 is 0 Å². The molecule has 1 aliphatic rings. The minimum Gasteiger partial charge on any atom is -0.338 e. The molecular weight excluding hydrogens is 326 g/mol. The molecule has 4 heterocycles. The first-order chi connectivity index (χ1) is 12.6. The molecule has 0 saturated carbocycles. The van der Waals surface area contributed by atoms with Gasteiger partial charge in [-0.2, -0.15) is 0 Å². The summed E-state index contributed by atoms with van der Waals surface area (Å²) >= 11 is 0. The van der Waals surface area contributed by atoms with Crippen molar-refractivity contribution in [2.75, 3.05) is 13.1 Å². The molecule has 6 heteroatoms. The van der Waals surface area contributed by atoms with Crippen LogP contribution in [0.25, 0.3) is 11.0 Å². The molecule has 3 aromatic heterocycles. The molecule has 0 bridgehead atoms. The first kappa shape index (κ1) is 16.7. The number of rotatable bonds is 4. The van der Waals surface area contributed by atoms with Crippen molar-refractivity contribution < 1.29 is 4.79 Å². The summed E-state index contributed by atoms with van der Waals surface area (Å²) in [5.74, 6) is 1.92. The highest BCUT2D eigenvalue weighted by Gasteiger charge is 2.31. The molecule has 0 aliphatic carbocycles. The number of pyridine rings is 2. The number of likely N-dealkylation sites (tertiary alicyclic amines) is 1. The lowest BCUT2D eigenvalue weighted by Gasteiger charge is -2.18. The fraction of sp³-hybridized carbons (Fsp3) is 0.400. The maximum absolute atomic E-state index is 12.7. The van der Waals surface area contributed by atoms with E-state index in [1.807, 2.05) is 17.2 Å². The Morgan fingerprint density at radius 1 is 1.19 bits per heavy atom. The lowest BCUT2D eigenvalue weighted by Crippen LogP contribution is -2.28. The molecule has 1 atom stereocenters. The number of fused-ring (bicyclic) bond motifs is 1. The van der Waals surface area contributed by atoms with Gasteiger partial charge in [-0.3, -0.25) is 14.8 Å². The summed E-state index contributed by atoms with van der Waals surface area (Å²) in [7, 11) is 0. The molecular formula is C20H23N5O. The van der Waals surface area contributed by atoms with Crippen LogP contribution in [-0.2, 0) is 6.54 Å². The van der Waals surface area contributed by atoms with Crippen LogP contribution in [0.3, 0.4) is 0 Å². The number of carbonyl (C=O) groups excluding carboxylic acids is 1. The van der Waals surface area contributed by atoms with Gasteiger partial charge < -0.3 is 9.47 Å². The standard InChI is InChI=1S/C20H23N5O/c1-14(2)12-25-18-11-22-9-5-17(18)23-19(25)16-6-10-24(13-16)20(26)15-3-7-21-8-4-15/h3-5,7-9,11,14,16H,6,10,12-13H2,1-2H3/t16-/m0/s1. The van der Waals surface area contributed by atoms with Gasteiger partial charge >= 0.3 is 0 Å². The van der Waals surface area contributed by atoms with Crippen molar-refractivity contribution >= 4 is 16.9 Å². The molecule has 1 fully saturated rings. The van der Waals surface area contributed by atoms with E-state index in [1.165, 1.54) is 0 Å². The van der Waals surface area contributed by atoms with Crippen molar-refractivity contribution in [2.24, 2.45) is 5.92 Å². The zero-order valence-electron chi connectivity index (χ0n) is 15.2. The molecule has 3 aromatic rings. The largest absolute Gasteiger partial charge is 0.338 e. The second-order valence-corrected chi connectivity index (χ2v) is 7.31. The molecule has 26 heavy (non-hydrogen) atoms. The van der Waals surface area contributed by atoms with Gasteiger partial charge in [-0.15, -0.1) is 0 Å². The molecule has 0 aromatic carbocycles. The average molecular weight is 349 g/mol. The minimum absolute atomic E-state index is 0.0723. The van der Waals surface area contributed by atoms with Crippen LogP contribution in [0.1, 0.15) is 42.4 Å². The fourth-order valence-corrected chi connectivity index (χ4v) is 3.69. The molecule has 1 aliphatic heterocycles. The molecule has 0 spiro atoms. The lowest BCUT2D eigenvalue weighted by molar-refractivity contribution is 0.0790.